The predicted molar refractivity (Wildman–Crippen MR) is 58.1 cm³/mol. The van der Waals surface area contributed by atoms with E-state index in [1.807, 2.05) is 0 Å². The highest BCUT2D eigenvalue weighted by Crippen LogP contribution is 2.27. The predicted octanol–water partition coefficient (Wildman–Crippen LogP) is 2.49. The highest BCUT2D eigenvalue weighted by atomic mass is 19.4. The zero-order valence-corrected chi connectivity index (χ0v) is 9.21. The Bertz CT molecular complexity index is 404. The molecule has 0 saturated carbocycles. The van der Waals surface area contributed by atoms with Crippen molar-refractivity contribution in [3.8, 4) is 5.75 Å². The zero-order valence-electron chi connectivity index (χ0n) is 9.21. The van der Waals surface area contributed by atoms with E-state index in [9.17, 15) is 13.2 Å². The van der Waals surface area contributed by atoms with Crippen LogP contribution in [-0.4, -0.2) is 18.6 Å². The van der Waals surface area contributed by atoms with Crippen molar-refractivity contribution in [1.29, 1.82) is 5.41 Å². The molecule has 0 fully saturated rings. The minimum atomic E-state index is -4.56. The third kappa shape index (κ3) is 3.65. The van der Waals surface area contributed by atoms with E-state index in [4.69, 9.17) is 15.9 Å². The van der Waals surface area contributed by atoms with Crippen LogP contribution in [0.5, 0.6) is 5.75 Å². The summed E-state index contributed by atoms with van der Waals surface area (Å²) in [4.78, 5) is 0. The number of alkyl halides is 3. The average Bonchev–Trinajstić information content (AvgIpc) is 2.18. The summed E-state index contributed by atoms with van der Waals surface area (Å²) in [6.45, 7) is 1.05. The van der Waals surface area contributed by atoms with Crippen LogP contribution in [0.1, 0.15) is 5.56 Å². The fourth-order valence-corrected chi connectivity index (χ4v) is 1.25. The third-order valence-corrected chi connectivity index (χ3v) is 2.27. The van der Waals surface area contributed by atoms with Crippen LogP contribution in [0.4, 0.5) is 13.2 Å². The summed E-state index contributed by atoms with van der Waals surface area (Å²) >= 11 is 0. The molecule has 1 aromatic carbocycles. The molecule has 1 unspecified atom stereocenters. The molecule has 0 aromatic heterocycles. The number of nitrogens with one attached hydrogen (secondary N) is 1. The van der Waals surface area contributed by atoms with Crippen molar-refractivity contribution in [2.45, 2.75) is 13.1 Å². The summed E-state index contributed by atoms with van der Waals surface area (Å²) in [5.74, 6) is -2.64. The molecule has 0 heterocycles. The van der Waals surface area contributed by atoms with Crippen LogP contribution in [0.3, 0.4) is 0 Å². The van der Waals surface area contributed by atoms with Crippen molar-refractivity contribution in [3.05, 3.63) is 29.8 Å². The minimum absolute atomic E-state index is 0.364. The molecule has 1 aromatic rings. The Labute approximate surface area is 96.9 Å². The number of benzene rings is 1. The van der Waals surface area contributed by atoms with Gasteiger partial charge in [0.2, 0.25) is 0 Å². The molecule has 0 amide bonds. The lowest BCUT2D eigenvalue weighted by molar-refractivity contribution is -0.162. The number of nitrogens with two attached hydrogens (primary N) is 1. The summed E-state index contributed by atoms with van der Waals surface area (Å²) in [6.07, 6.45) is -4.56. The Morgan fingerprint density at radius 2 is 2.00 bits per heavy atom. The summed E-state index contributed by atoms with van der Waals surface area (Å²) in [7, 11) is 0. The number of halogens is 3. The van der Waals surface area contributed by atoms with Gasteiger partial charge in [-0.05, 0) is 18.6 Å². The third-order valence-electron chi connectivity index (χ3n) is 2.27. The maximum Gasteiger partial charge on any atom is 0.401 e. The van der Waals surface area contributed by atoms with Gasteiger partial charge in [-0.2, -0.15) is 13.2 Å². The van der Waals surface area contributed by atoms with Gasteiger partial charge < -0.3 is 10.5 Å². The normalized spacial score (nSPS) is 13.2. The van der Waals surface area contributed by atoms with E-state index in [-0.39, 0.29) is 0 Å². The highest BCUT2D eigenvalue weighted by molar-refractivity contribution is 5.80. The fourth-order valence-electron chi connectivity index (χ4n) is 1.25. The van der Waals surface area contributed by atoms with E-state index in [1.165, 1.54) is 0 Å². The second-order valence-electron chi connectivity index (χ2n) is 3.63. The maximum atomic E-state index is 12.5. The van der Waals surface area contributed by atoms with Gasteiger partial charge in [-0.15, -0.1) is 0 Å². The van der Waals surface area contributed by atoms with Crippen LogP contribution in [0.25, 0.3) is 0 Å². The molecule has 0 spiro atoms. The van der Waals surface area contributed by atoms with Gasteiger partial charge in [-0.1, -0.05) is 18.2 Å². The number of para-hydroxylation sites is 1. The van der Waals surface area contributed by atoms with Gasteiger partial charge in [-0.25, -0.2) is 0 Å². The fraction of sp³-hybridized carbons (Fsp3) is 0.364. The number of ether oxygens (including phenoxy) is 1. The van der Waals surface area contributed by atoms with Gasteiger partial charge in [0.05, 0.1) is 0 Å². The van der Waals surface area contributed by atoms with E-state index in [1.54, 1.807) is 31.2 Å². The second kappa shape index (κ2) is 5.07. The number of rotatable bonds is 4. The first-order valence-electron chi connectivity index (χ1n) is 4.91. The van der Waals surface area contributed by atoms with Crippen molar-refractivity contribution in [3.63, 3.8) is 0 Å². The number of amidine groups is 1. The summed E-state index contributed by atoms with van der Waals surface area (Å²) in [6, 6.07) is 6.72. The molecule has 6 heteroatoms. The van der Waals surface area contributed by atoms with E-state index in [0.717, 1.165) is 5.56 Å². The van der Waals surface area contributed by atoms with Gasteiger partial charge in [0.15, 0.2) is 0 Å². The summed E-state index contributed by atoms with van der Waals surface area (Å²) in [5, 5.41) is 6.90. The molecular formula is C11H13F3N2O. The van der Waals surface area contributed by atoms with Gasteiger partial charge in [0, 0.05) is 0 Å². The Hall–Kier alpha value is -1.72. The van der Waals surface area contributed by atoms with Crippen LogP contribution in [0, 0.1) is 18.3 Å². The van der Waals surface area contributed by atoms with Crippen molar-refractivity contribution < 1.29 is 17.9 Å². The summed E-state index contributed by atoms with van der Waals surface area (Å²) in [5.41, 5.74) is 5.64. The first-order valence-corrected chi connectivity index (χ1v) is 4.91. The van der Waals surface area contributed by atoms with Crippen LogP contribution >= 0.6 is 0 Å². The molecule has 3 nitrogen and oxygen atoms in total. The molecule has 0 saturated heterocycles. The lowest BCUT2D eigenvalue weighted by Gasteiger charge is -2.19. The van der Waals surface area contributed by atoms with Crippen molar-refractivity contribution in [2.75, 3.05) is 6.61 Å². The van der Waals surface area contributed by atoms with Gasteiger partial charge in [-0.3, -0.25) is 5.41 Å². The quantitative estimate of drug-likeness (QED) is 0.633. The monoisotopic (exact) mass is 246 g/mol. The van der Waals surface area contributed by atoms with E-state index in [2.05, 4.69) is 0 Å². The number of hydrogen-bond donors (Lipinski definition) is 2. The highest BCUT2D eigenvalue weighted by Gasteiger charge is 2.42. The van der Waals surface area contributed by atoms with Gasteiger partial charge in [0.25, 0.3) is 0 Å². The first kappa shape index (κ1) is 13.3. The standard InChI is InChI=1S/C11H13F3N2O/c1-7-4-2-3-5-9(7)17-6-8(10(15)16)11(12,13)14/h2-5,8H,6H2,1H3,(H3,15,16). The van der Waals surface area contributed by atoms with Crippen LogP contribution in [-0.2, 0) is 0 Å². The largest absolute Gasteiger partial charge is 0.492 e. The van der Waals surface area contributed by atoms with Crippen molar-refractivity contribution >= 4 is 5.84 Å². The van der Waals surface area contributed by atoms with Crippen LogP contribution in [0.2, 0.25) is 0 Å². The SMILES string of the molecule is Cc1ccccc1OCC(C(=N)N)C(F)(F)F. The van der Waals surface area contributed by atoms with Gasteiger partial charge in [0.1, 0.15) is 24.1 Å². The molecule has 3 N–H and O–H groups in total. The average molecular weight is 246 g/mol. The summed E-state index contributed by atoms with van der Waals surface area (Å²) < 4.78 is 42.5. The molecular weight excluding hydrogens is 233 g/mol. The van der Waals surface area contributed by atoms with E-state index in [0.29, 0.717) is 5.75 Å². The molecule has 1 atom stereocenters. The minimum Gasteiger partial charge on any atom is -0.492 e. The lowest BCUT2D eigenvalue weighted by Crippen LogP contribution is -2.39. The molecule has 17 heavy (non-hydrogen) atoms. The maximum absolute atomic E-state index is 12.5. The molecule has 0 bridgehead atoms. The molecule has 0 aliphatic carbocycles. The first-order chi connectivity index (χ1) is 7.82. The second-order valence-corrected chi connectivity index (χ2v) is 3.63. The van der Waals surface area contributed by atoms with Crippen molar-refractivity contribution in [2.24, 2.45) is 11.7 Å². The zero-order chi connectivity index (χ0) is 13.1. The molecule has 0 radical (unpaired) electrons. The van der Waals surface area contributed by atoms with Crippen LogP contribution < -0.4 is 10.5 Å². The van der Waals surface area contributed by atoms with E-state index < -0.39 is 24.5 Å². The smallest absolute Gasteiger partial charge is 0.401 e. The van der Waals surface area contributed by atoms with Crippen molar-refractivity contribution in [1.82, 2.24) is 0 Å². The Kier molecular flexibility index (Phi) is 3.98. The molecule has 0 aliphatic heterocycles. The molecule has 94 valence electrons. The Morgan fingerprint density at radius 1 is 1.41 bits per heavy atom. The molecule has 1 rings (SSSR count). The lowest BCUT2D eigenvalue weighted by atomic mass is 10.1. The van der Waals surface area contributed by atoms with E-state index >= 15 is 0 Å². The van der Waals surface area contributed by atoms with Gasteiger partial charge >= 0.3 is 6.18 Å². The number of hydrogen-bond acceptors (Lipinski definition) is 2. The Morgan fingerprint density at radius 3 is 2.47 bits per heavy atom. The van der Waals surface area contributed by atoms with Crippen LogP contribution in [0.15, 0.2) is 24.3 Å². The Balaban J connectivity index is 2.72. The molecule has 0 aliphatic rings. The topological polar surface area (TPSA) is 59.1 Å². The number of aryl methyl sites for hydroxylation is 1.